The molecule has 1 nitrogen and oxygen atoms in total. The van der Waals surface area contributed by atoms with Gasteiger partial charge in [0.05, 0.1) is 6.61 Å². The number of hydrogen-bond donors (Lipinski definition) is 0. The van der Waals surface area contributed by atoms with Gasteiger partial charge in [0, 0.05) is 0 Å². The number of ether oxygens (including phenoxy) is 1. The average Bonchev–Trinajstić information content (AvgIpc) is 1.85. The molecule has 1 atom stereocenters. The van der Waals surface area contributed by atoms with Crippen LogP contribution in [0.3, 0.4) is 0 Å². The van der Waals surface area contributed by atoms with Gasteiger partial charge in [-0.15, -0.1) is 6.58 Å². The van der Waals surface area contributed by atoms with Gasteiger partial charge < -0.3 is 4.74 Å². The molecule has 5 heteroatoms. The molecule has 0 fully saturated rings. The first-order chi connectivity index (χ1) is 5.43. The largest absolute Gasteiger partial charge is 0.486 e. The summed E-state index contributed by atoms with van der Waals surface area (Å²) < 4.78 is 40.7. The monoisotopic (exact) mass is 198 g/mol. The first-order valence-corrected chi connectivity index (χ1v) is 3.70. The second-order valence-corrected chi connectivity index (χ2v) is 2.41. The summed E-state index contributed by atoms with van der Waals surface area (Å²) in [7, 11) is 0. The van der Waals surface area contributed by atoms with Crippen LogP contribution in [0.25, 0.3) is 0 Å². The molecule has 0 aromatic rings. The van der Waals surface area contributed by atoms with Gasteiger partial charge in [0.1, 0.15) is 5.92 Å². The van der Waals surface area contributed by atoms with Crippen molar-refractivity contribution in [2.24, 2.45) is 5.92 Å². The molecule has 70 valence electrons. The fraction of sp³-hybridized carbons (Fsp3) is 0.571. The normalized spacial score (nSPS) is 13.7. The third-order valence-electron chi connectivity index (χ3n) is 1.13. The Balaban J connectivity index is 4.35. The topological polar surface area (TPSA) is 9.23 Å². The van der Waals surface area contributed by atoms with Crippen LogP contribution in [0.1, 0.15) is 6.92 Å². The van der Waals surface area contributed by atoms with Crippen LogP contribution in [-0.2, 0) is 4.74 Å². The number of rotatable bonds is 3. The molecule has 0 aliphatic heterocycles. The smallest absolute Gasteiger partial charge is 0.402 e. The van der Waals surface area contributed by atoms with Crippen molar-refractivity contribution < 1.29 is 17.9 Å². The van der Waals surface area contributed by atoms with Crippen LogP contribution < -0.4 is 0 Å². The minimum Gasteiger partial charge on any atom is -0.486 e. The Kier molecular flexibility index (Phi) is 4.23. The number of hydrogen-bond acceptors (Lipinski definition) is 2. The molecule has 0 spiro atoms. The van der Waals surface area contributed by atoms with E-state index in [1.165, 1.54) is 0 Å². The molecule has 0 aromatic carbocycles. The molecule has 0 saturated carbocycles. The highest BCUT2D eigenvalue weighted by molar-refractivity contribution is 7.80. The van der Waals surface area contributed by atoms with Crippen molar-refractivity contribution in [3.8, 4) is 0 Å². The predicted octanol–water partition coefficient (Wildman–Crippen LogP) is 2.71. The van der Waals surface area contributed by atoms with Crippen LogP contribution in [0.4, 0.5) is 13.2 Å². The van der Waals surface area contributed by atoms with E-state index in [-0.39, 0.29) is 6.61 Å². The van der Waals surface area contributed by atoms with Crippen LogP contribution in [0, 0.1) is 5.92 Å². The zero-order valence-corrected chi connectivity index (χ0v) is 7.34. The molecule has 0 aromatic heterocycles. The summed E-state index contributed by atoms with van der Waals surface area (Å²) in [5, 5.41) is -0.472. The molecule has 0 aliphatic rings. The van der Waals surface area contributed by atoms with Crippen molar-refractivity contribution in [3.05, 3.63) is 12.7 Å². The number of thiocarbonyl (C=S) groups is 1. The molecular weight excluding hydrogens is 189 g/mol. The summed E-state index contributed by atoms with van der Waals surface area (Å²) in [6.07, 6.45) is -3.66. The van der Waals surface area contributed by atoms with Crippen molar-refractivity contribution >= 4 is 17.3 Å². The van der Waals surface area contributed by atoms with Crippen LogP contribution in [0.5, 0.6) is 0 Å². The van der Waals surface area contributed by atoms with Gasteiger partial charge in [0.15, 0.2) is 5.05 Å². The van der Waals surface area contributed by atoms with E-state index >= 15 is 0 Å². The Labute approximate surface area is 74.2 Å². The summed E-state index contributed by atoms with van der Waals surface area (Å²) in [5.41, 5.74) is 0. The van der Waals surface area contributed by atoms with E-state index < -0.39 is 17.1 Å². The number of alkyl halides is 3. The van der Waals surface area contributed by atoms with Gasteiger partial charge >= 0.3 is 6.18 Å². The zero-order valence-electron chi connectivity index (χ0n) is 6.52. The lowest BCUT2D eigenvalue weighted by atomic mass is 10.1. The standard InChI is InChI=1S/C7H9F3OS/c1-3-5(7(8,9)10)6(12)11-4-2/h3,5H,1,4H2,2H3. The van der Waals surface area contributed by atoms with E-state index in [1.807, 2.05) is 0 Å². The van der Waals surface area contributed by atoms with Crippen LogP contribution >= 0.6 is 12.2 Å². The zero-order chi connectivity index (χ0) is 9.78. The quantitative estimate of drug-likeness (QED) is 0.509. The molecule has 0 heterocycles. The Morgan fingerprint density at radius 3 is 2.42 bits per heavy atom. The highest BCUT2D eigenvalue weighted by Crippen LogP contribution is 2.28. The first kappa shape index (κ1) is 11.4. The molecule has 1 unspecified atom stereocenters. The van der Waals surface area contributed by atoms with E-state index in [9.17, 15) is 13.2 Å². The summed E-state index contributed by atoms with van der Waals surface area (Å²) in [6.45, 7) is 4.75. The maximum absolute atomic E-state index is 12.1. The molecule has 0 radical (unpaired) electrons. The van der Waals surface area contributed by atoms with E-state index in [0.29, 0.717) is 0 Å². The molecule has 0 bridgehead atoms. The molecule has 0 aliphatic carbocycles. The third-order valence-corrected chi connectivity index (χ3v) is 1.50. The van der Waals surface area contributed by atoms with Crippen molar-refractivity contribution in [2.75, 3.05) is 6.61 Å². The van der Waals surface area contributed by atoms with Crippen LogP contribution in [-0.4, -0.2) is 17.8 Å². The van der Waals surface area contributed by atoms with Gasteiger partial charge in [-0.25, -0.2) is 0 Å². The molecule has 12 heavy (non-hydrogen) atoms. The second kappa shape index (κ2) is 4.45. The van der Waals surface area contributed by atoms with Crippen molar-refractivity contribution in [1.82, 2.24) is 0 Å². The molecular formula is C7H9F3OS. The maximum Gasteiger partial charge on any atom is 0.402 e. The van der Waals surface area contributed by atoms with Gasteiger partial charge in [-0.3, -0.25) is 0 Å². The van der Waals surface area contributed by atoms with E-state index in [2.05, 4.69) is 23.5 Å². The minimum absolute atomic E-state index is 0.138. The summed E-state index contributed by atoms with van der Waals surface area (Å²) in [5.74, 6) is -1.84. The fourth-order valence-corrected chi connectivity index (χ4v) is 0.943. The van der Waals surface area contributed by atoms with Crippen molar-refractivity contribution in [3.63, 3.8) is 0 Å². The maximum atomic E-state index is 12.1. The Morgan fingerprint density at radius 2 is 2.17 bits per heavy atom. The molecule has 0 N–H and O–H groups in total. The van der Waals surface area contributed by atoms with Gasteiger partial charge in [-0.05, 0) is 19.1 Å². The fourth-order valence-electron chi connectivity index (χ4n) is 0.596. The van der Waals surface area contributed by atoms with E-state index in [1.54, 1.807) is 6.92 Å². The predicted molar refractivity (Wildman–Crippen MR) is 44.0 cm³/mol. The Hall–Kier alpha value is -0.580. The van der Waals surface area contributed by atoms with E-state index in [0.717, 1.165) is 6.08 Å². The van der Waals surface area contributed by atoms with Gasteiger partial charge in [-0.2, -0.15) is 13.2 Å². The lowest BCUT2D eigenvalue weighted by molar-refractivity contribution is -0.146. The summed E-state index contributed by atoms with van der Waals surface area (Å²) >= 11 is 4.41. The number of halogens is 3. The first-order valence-electron chi connectivity index (χ1n) is 3.29. The van der Waals surface area contributed by atoms with Gasteiger partial charge in [-0.1, -0.05) is 6.08 Å². The summed E-state index contributed by atoms with van der Waals surface area (Å²) in [6, 6.07) is 0. The van der Waals surface area contributed by atoms with E-state index in [4.69, 9.17) is 0 Å². The third kappa shape index (κ3) is 3.21. The van der Waals surface area contributed by atoms with Crippen LogP contribution in [0.2, 0.25) is 0 Å². The molecule has 0 rings (SSSR count). The van der Waals surface area contributed by atoms with Crippen molar-refractivity contribution in [1.29, 1.82) is 0 Å². The van der Waals surface area contributed by atoms with Gasteiger partial charge in [0.2, 0.25) is 0 Å². The van der Waals surface area contributed by atoms with Gasteiger partial charge in [0.25, 0.3) is 0 Å². The highest BCUT2D eigenvalue weighted by Gasteiger charge is 2.41. The lowest BCUT2D eigenvalue weighted by Gasteiger charge is -2.16. The van der Waals surface area contributed by atoms with Crippen molar-refractivity contribution in [2.45, 2.75) is 13.1 Å². The van der Waals surface area contributed by atoms with Crippen LogP contribution in [0.15, 0.2) is 12.7 Å². The minimum atomic E-state index is -4.39. The summed E-state index contributed by atoms with van der Waals surface area (Å²) in [4.78, 5) is 0. The second-order valence-electron chi connectivity index (χ2n) is 2.01. The molecule has 0 amide bonds. The molecule has 0 saturated heterocycles. The average molecular weight is 198 g/mol. The Morgan fingerprint density at radius 1 is 1.67 bits per heavy atom. The highest BCUT2D eigenvalue weighted by atomic mass is 32.1. The Bertz CT molecular complexity index is 176. The lowest BCUT2D eigenvalue weighted by Crippen LogP contribution is -2.29. The SMILES string of the molecule is C=CC(C(=S)OCC)C(F)(F)F.